The Bertz CT molecular complexity index is 758. The molecule has 0 aliphatic rings. The number of rotatable bonds is 5. The molecule has 0 amide bonds. The van der Waals surface area contributed by atoms with Crippen LogP contribution in [0.5, 0.6) is 0 Å². The van der Waals surface area contributed by atoms with E-state index in [4.69, 9.17) is 15.8 Å². The van der Waals surface area contributed by atoms with Crippen LogP contribution in [0.4, 0.5) is 5.69 Å². The third kappa shape index (κ3) is 4.05. The van der Waals surface area contributed by atoms with Gasteiger partial charge >= 0.3 is 0 Å². The summed E-state index contributed by atoms with van der Waals surface area (Å²) in [5.41, 5.74) is -0.144. The summed E-state index contributed by atoms with van der Waals surface area (Å²) in [5, 5.41) is 28.9. The maximum atomic E-state index is 11.7. The molecular weight excluding hydrogens is 290 g/mol. The van der Waals surface area contributed by atoms with Crippen molar-refractivity contribution < 1.29 is 8.42 Å². The van der Waals surface area contributed by atoms with Crippen molar-refractivity contribution in [1.29, 1.82) is 15.8 Å². The number of nitrogens with one attached hydrogen (secondary N) is 2. The maximum absolute atomic E-state index is 11.7. The molecule has 0 aliphatic carbocycles. The SMILES string of the molecule is CCNS(=O)(=O)c1ccc(NC(C#N)=C(C#N)C#N)cc1. The minimum atomic E-state index is -3.55. The zero-order valence-electron chi connectivity index (χ0n) is 11.1. The Morgan fingerprint density at radius 1 is 1.10 bits per heavy atom. The Kier molecular flexibility index (Phi) is 5.45. The average molecular weight is 301 g/mol. The summed E-state index contributed by atoms with van der Waals surface area (Å²) >= 11 is 0. The second-order valence-electron chi connectivity index (χ2n) is 3.74. The topological polar surface area (TPSA) is 130 Å². The Morgan fingerprint density at radius 2 is 1.67 bits per heavy atom. The lowest BCUT2D eigenvalue weighted by Gasteiger charge is -2.07. The number of anilines is 1. The lowest BCUT2D eigenvalue weighted by molar-refractivity contribution is 0.584. The molecule has 0 saturated heterocycles. The zero-order valence-corrected chi connectivity index (χ0v) is 11.9. The zero-order chi connectivity index (χ0) is 15.9. The number of sulfonamides is 1. The van der Waals surface area contributed by atoms with Crippen LogP contribution in [0.15, 0.2) is 40.4 Å². The molecule has 1 aromatic rings. The van der Waals surface area contributed by atoms with Gasteiger partial charge in [-0.2, -0.15) is 15.8 Å². The van der Waals surface area contributed by atoms with Gasteiger partial charge in [-0.3, -0.25) is 0 Å². The van der Waals surface area contributed by atoms with Gasteiger partial charge < -0.3 is 5.32 Å². The largest absolute Gasteiger partial charge is 0.345 e. The molecule has 2 N–H and O–H groups in total. The summed E-state index contributed by atoms with van der Waals surface area (Å²) < 4.78 is 25.8. The van der Waals surface area contributed by atoms with Gasteiger partial charge in [0.25, 0.3) is 0 Å². The Hall–Kier alpha value is -2.86. The summed E-state index contributed by atoms with van der Waals surface area (Å²) in [4.78, 5) is 0.0816. The van der Waals surface area contributed by atoms with Crippen LogP contribution < -0.4 is 10.0 Å². The molecule has 0 fully saturated rings. The van der Waals surface area contributed by atoms with E-state index in [1.165, 1.54) is 24.3 Å². The highest BCUT2D eigenvalue weighted by molar-refractivity contribution is 7.89. The Labute approximate surface area is 122 Å². The molecule has 0 unspecified atom stereocenters. The molecule has 0 spiro atoms. The highest BCUT2D eigenvalue weighted by Gasteiger charge is 2.12. The van der Waals surface area contributed by atoms with Crippen molar-refractivity contribution in [3.8, 4) is 18.2 Å². The van der Waals surface area contributed by atoms with Crippen molar-refractivity contribution in [1.82, 2.24) is 4.72 Å². The second kappa shape index (κ2) is 7.06. The Balaban J connectivity index is 3.06. The molecule has 21 heavy (non-hydrogen) atoms. The Morgan fingerprint density at radius 3 is 2.10 bits per heavy atom. The normalized spacial score (nSPS) is 9.81. The van der Waals surface area contributed by atoms with Crippen molar-refractivity contribution in [2.24, 2.45) is 0 Å². The standard InChI is InChI=1S/C13H11N5O2S/c1-2-17-21(19,20)12-5-3-11(4-6-12)18-13(9-16)10(7-14)8-15/h3-6,17-18H,2H2,1H3. The smallest absolute Gasteiger partial charge is 0.240 e. The molecule has 0 saturated carbocycles. The van der Waals surface area contributed by atoms with Gasteiger partial charge in [0.1, 0.15) is 23.9 Å². The van der Waals surface area contributed by atoms with E-state index in [2.05, 4.69) is 10.0 Å². The van der Waals surface area contributed by atoms with E-state index in [0.29, 0.717) is 5.69 Å². The predicted octanol–water partition coefficient (Wildman–Crippen LogP) is 1.22. The van der Waals surface area contributed by atoms with Gasteiger partial charge in [-0.15, -0.1) is 0 Å². The van der Waals surface area contributed by atoms with Gasteiger partial charge in [0.15, 0.2) is 5.57 Å². The van der Waals surface area contributed by atoms with Crippen molar-refractivity contribution >= 4 is 15.7 Å². The highest BCUT2D eigenvalue weighted by atomic mass is 32.2. The fraction of sp³-hybridized carbons (Fsp3) is 0.154. The minimum Gasteiger partial charge on any atom is -0.345 e. The number of allylic oxidation sites excluding steroid dienone is 2. The molecule has 0 bridgehead atoms. The third-order valence-corrected chi connectivity index (χ3v) is 3.92. The van der Waals surface area contributed by atoms with Crippen LogP contribution in [-0.2, 0) is 10.0 Å². The first kappa shape index (κ1) is 16.2. The number of hydrogen-bond acceptors (Lipinski definition) is 6. The first-order valence-corrected chi connectivity index (χ1v) is 7.28. The van der Waals surface area contributed by atoms with E-state index in [1.807, 2.05) is 0 Å². The number of hydrogen-bond donors (Lipinski definition) is 2. The summed E-state index contributed by atoms with van der Waals surface area (Å²) in [7, 11) is -3.55. The molecule has 0 aliphatic heterocycles. The van der Waals surface area contributed by atoms with Gasteiger partial charge in [-0.05, 0) is 24.3 Å². The first-order chi connectivity index (χ1) is 9.98. The van der Waals surface area contributed by atoms with Crippen LogP contribution in [0.1, 0.15) is 6.92 Å². The third-order valence-electron chi connectivity index (χ3n) is 2.35. The fourth-order valence-electron chi connectivity index (χ4n) is 1.42. The monoisotopic (exact) mass is 301 g/mol. The molecule has 1 rings (SSSR count). The molecule has 106 valence electrons. The van der Waals surface area contributed by atoms with Crippen LogP contribution in [0, 0.1) is 34.0 Å². The van der Waals surface area contributed by atoms with E-state index < -0.39 is 10.0 Å². The van der Waals surface area contributed by atoms with E-state index in [0.717, 1.165) is 0 Å². The number of benzene rings is 1. The molecule has 8 heteroatoms. The van der Waals surface area contributed by atoms with Gasteiger partial charge in [0.05, 0.1) is 4.90 Å². The summed E-state index contributed by atoms with van der Waals surface area (Å²) in [6, 6.07) is 10.5. The fourth-order valence-corrected chi connectivity index (χ4v) is 2.46. The van der Waals surface area contributed by atoms with E-state index in [9.17, 15) is 8.42 Å². The van der Waals surface area contributed by atoms with Crippen molar-refractivity contribution in [2.45, 2.75) is 11.8 Å². The van der Waals surface area contributed by atoms with Crippen molar-refractivity contribution in [2.75, 3.05) is 11.9 Å². The summed E-state index contributed by atoms with van der Waals surface area (Å²) in [5.74, 6) is 0. The molecular formula is C13H11N5O2S. The van der Waals surface area contributed by atoms with Gasteiger partial charge in [-0.25, -0.2) is 13.1 Å². The van der Waals surface area contributed by atoms with Crippen LogP contribution in [0.2, 0.25) is 0 Å². The summed E-state index contributed by atoms with van der Waals surface area (Å²) in [6.45, 7) is 1.94. The molecule has 0 atom stereocenters. The second-order valence-corrected chi connectivity index (χ2v) is 5.50. The molecule has 0 radical (unpaired) electrons. The maximum Gasteiger partial charge on any atom is 0.240 e. The van der Waals surface area contributed by atoms with Crippen LogP contribution in [0.3, 0.4) is 0 Å². The van der Waals surface area contributed by atoms with Gasteiger partial charge in [0, 0.05) is 12.2 Å². The quantitative estimate of drug-likeness (QED) is 0.786. The summed E-state index contributed by atoms with van der Waals surface area (Å²) in [6.07, 6.45) is 0. The predicted molar refractivity (Wildman–Crippen MR) is 74.8 cm³/mol. The molecule has 0 heterocycles. The van der Waals surface area contributed by atoms with Gasteiger partial charge in [-0.1, -0.05) is 6.92 Å². The number of nitriles is 3. The average Bonchev–Trinajstić information content (AvgIpc) is 2.47. The van der Waals surface area contributed by atoms with E-state index >= 15 is 0 Å². The highest BCUT2D eigenvalue weighted by Crippen LogP contribution is 2.16. The minimum absolute atomic E-state index is 0.0816. The molecule has 7 nitrogen and oxygen atoms in total. The van der Waals surface area contributed by atoms with Crippen molar-refractivity contribution in [3.05, 3.63) is 35.5 Å². The van der Waals surface area contributed by atoms with Crippen LogP contribution in [0.25, 0.3) is 0 Å². The number of nitrogens with zero attached hydrogens (tertiary/aromatic N) is 3. The lowest BCUT2D eigenvalue weighted by atomic mass is 10.2. The molecule has 0 aromatic heterocycles. The molecule has 1 aromatic carbocycles. The van der Waals surface area contributed by atoms with E-state index in [-0.39, 0.29) is 22.7 Å². The van der Waals surface area contributed by atoms with Crippen LogP contribution >= 0.6 is 0 Å². The van der Waals surface area contributed by atoms with E-state index in [1.54, 1.807) is 25.1 Å². The van der Waals surface area contributed by atoms with Crippen LogP contribution in [-0.4, -0.2) is 15.0 Å². The first-order valence-electron chi connectivity index (χ1n) is 5.79. The lowest BCUT2D eigenvalue weighted by Crippen LogP contribution is -2.23. The van der Waals surface area contributed by atoms with Crippen molar-refractivity contribution in [3.63, 3.8) is 0 Å². The van der Waals surface area contributed by atoms with Gasteiger partial charge in [0.2, 0.25) is 10.0 Å².